The third kappa shape index (κ3) is 3.46. The average Bonchev–Trinajstić information content (AvgIpc) is 1.98. The molecule has 0 saturated heterocycles. The molecular formula is C9H16F3NO. The van der Waals surface area contributed by atoms with E-state index < -0.39 is 18.8 Å². The van der Waals surface area contributed by atoms with Crippen molar-refractivity contribution in [3.63, 3.8) is 0 Å². The van der Waals surface area contributed by atoms with Gasteiger partial charge in [0.2, 0.25) is 0 Å². The lowest BCUT2D eigenvalue weighted by atomic mass is 9.83. The van der Waals surface area contributed by atoms with Crippen molar-refractivity contribution in [3.05, 3.63) is 0 Å². The van der Waals surface area contributed by atoms with Crippen LogP contribution in [0.25, 0.3) is 0 Å². The van der Waals surface area contributed by atoms with Crippen LogP contribution >= 0.6 is 0 Å². The van der Waals surface area contributed by atoms with Gasteiger partial charge >= 0.3 is 6.18 Å². The highest BCUT2D eigenvalue weighted by molar-refractivity contribution is 4.71. The molecule has 0 aliphatic heterocycles. The lowest BCUT2D eigenvalue weighted by Gasteiger charge is -2.26. The van der Waals surface area contributed by atoms with E-state index in [0.29, 0.717) is 5.92 Å². The number of ether oxygens (including phenoxy) is 1. The normalized spacial score (nSPS) is 20.6. The summed E-state index contributed by atoms with van der Waals surface area (Å²) < 4.78 is 41.1. The molecule has 2 nitrogen and oxygen atoms in total. The largest absolute Gasteiger partial charge is 0.415 e. The maximum Gasteiger partial charge on any atom is 0.415 e. The Morgan fingerprint density at radius 2 is 2.00 bits per heavy atom. The Kier molecular flexibility index (Phi) is 4.19. The number of alkyl halides is 3. The van der Waals surface area contributed by atoms with E-state index in [-0.39, 0.29) is 6.61 Å². The van der Waals surface area contributed by atoms with Crippen LogP contribution in [0.3, 0.4) is 0 Å². The van der Waals surface area contributed by atoms with Crippen molar-refractivity contribution in [2.45, 2.75) is 38.0 Å². The van der Waals surface area contributed by atoms with Gasteiger partial charge in [0.1, 0.15) is 0 Å². The fourth-order valence-corrected chi connectivity index (χ4v) is 1.45. The van der Waals surface area contributed by atoms with Gasteiger partial charge in [-0.05, 0) is 12.3 Å². The maximum absolute atomic E-state index is 12.1. The quantitative estimate of drug-likeness (QED) is 0.755. The third-order valence-electron chi connectivity index (χ3n) is 2.65. The molecule has 1 aliphatic carbocycles. The number of rotatable bonds is 5. The van der Waals surface area contributed by atoms with Gasteiger partial charge < -0.3 is 10.5 Å². The Labute approximate surface area is 81.6 Å². The number of nitrogens with two attached hydrogens (primary N) is 1. The smallest absolute Gasteiger partial charge is 0.367 e. The van der Waals surface area contributed by atoms with Crippen LogP contribution in [-0.2, 0) is 4.74 Å². The van der Waals surface area contributed by atoms with Crippen molar-refractivity contribution in [3.8, 4) is 0 Å². The molecule has 1 aliphatic rings. The number of hydrogen-bond donors (Lipinski definition) is 1. The van der Waals surface area contributed by atoms with Crippen LogP contribution in [0.4, 0.5) is 13.2 Å². The second-order valence-corrected chi connectivity index (χ2v) is 3.72. The third-order valence-corrected chi connectivity index (χ3v) is 2.65. The molecule has 1 fully saturated rings. The van der Waals surface area contributed by atoms with Crippen molar-refractivity contribution in [2.75, 3.05) is 13.2 Å². The average molecular weight is 211 g/mol. The molecule has 5 heteroatoms. The molecule has 0 aromatic rings. The van der Waals surface area contributed by atoms with Crippen molar-refractivity contribution in [2.24, 2.45) is 11.7 Å². The summed E-state index contributed by atoms with van der Waals surface area (Å²) >= 11 is 0. The predicted molar refractivity (Wildman–Crippen MR) is 46.8 cm³/mol. The van der Waals surface area contributed by atoms with Crippen LogP contribution in [0.15, 0.2) is 0 Å². The van der Waals surface area contributed by atoms with E-state index in [1.54, 1.807) is 0 Å². The van der Waals surface area contributed by atoms with E-state index in [1.165, 1.54) is 6.42 Å². The van der Waals surface area contributed by atoms with Gasteiger partial charge in [0.15, 0.2) is 6.10 Å². The maximum atomic E-state index is 12.1. The molecule has 0 radical (unpaired) electrons. The van der Waals surface area contributed by atoms with Crippen LogP contribution in [-0.4, -0.2) is 25.4 Å². The van der Waals surface area contributed by atoms with Gasteiger partial charge in [-0.3, -0.25) is 0 Å². The second-order valence-electron chi connectivity index (χ2n) is 3.72. The topological polar surface area (TPSA) is 35.2 Å². The first-order chi connectivity index (χ1) is 6.54. The first-order valence-corrected chi connectivity index (χ1v) is 4.92. The van der Waals surface area contributed by atoms with E-state index in [9.17, 15) is 13.2 Å². The molecule has 14 heavy (non-hydrogen) atoms. The van der Waals surface area contributed by atoms with Crippen LogP contribution in [0, 0.1) is 5.92 Å². The zero-order valence-corrected chi connectivity index (χ0v) is 8.02. The van der Waals surface area contributed by atoms with Crippen LogP contribution < -0.4 is 5.73 Å². The summed E-state index contributed by atoms with van der Waals surface area (Å²) in [4.78, 5) is 0. The van der Waals surface area contributed by atoms with Gasteiger partial charge in [-0.2, -0.15) is 13.2 Å². The van der Waals surface area contributed by atoms with E-state index in [1.807, 2.05) is 0 Å². The fraction of sp³-hybridized carbons (Fsp3) is 1.00. The SMILES string of the molecule is NCC(OCCC1CCC1)C(F)(F)F. The van der Waals surface area contributed by atoms with E-state index >= 15 is 0 Å². The molecule has 0 amide bonds. The van der Waals surface area contributed by atoms with Crippen LogP contribution in [0.1, 0.15) is 25.7 Å². The van der Waals surface area contributed by atoms with Gasteiger partial charge in [0, 0.05) is 13.2 Å². The van der Waals surface area contributed by atoms with Crippen molar-refractivity contribution < 1.29 is 17.9 Å². The Balaban J connectivity index is 2.13. The second kappa shape index (κ2) is 4.98. The van der Waals surface area contributed by atoms with Crippen molar-refractivity contribution >= 4 is 0 Å². The molecule has 1 unspecified atom stereocenters. The number of halogens is 3. The van der Waals surface area contributed by atoms with Gasteiger partial charge in [0.05, 0.1) is 0 Å². The van der Waals surface area contributed by atoms with Gasteiger partial charge in [0.25, 0.3) is 0 Å². The highest BCUT2D eigenvalue weighted by Gasteiger charge is 2.39. The Bertz CT molecular complexity index is 168. The summed E-state index contributed by atoms with van der Waals surface area (Å²) in [5.74, 6) is 0.571. The minimum Gasteiger partial charge on any atom is -0.367 e. The Morgan fingerprint density at radius 3 is 2.36 bits per heavy atom. The van der Waals surface area contributed by atoms with Gasteiger partial charge in [-0.25, -0.2) is 0 Å². The molecule has 0 spiro atoms. The molecular weight excluding hydrogens is 195 g/mol. The Morgan fingerprint density at radius 1 is 1.36 bits per heavy atom. The summed E-state index contributed by atoms with van der Waals surface area (Å²) in [6.45, 7) is -0.319. The minimum absolute atomic E-state index is 0.173. The summed E-state index contributed by atoms with van der Waals surface area (Å²) in [5, 5.41) is 0. The highest BCUT2D eigenvalue weighted by atomic mass is 19.4. The molecule has 2 N–H and O–H groups in total. The van der Waals surface area contributed by atoms with Gasteiger partial charge in [-0.1, -0.05) is 19.3 Å². The first kappa shape index (κ1) is 11.8. The van der Waals surface area contributed by atoms with Crippen LogP contribution in [0.2, 0.25) is 0 Å². The van der Waals surface area contributed by atoms with Gasteiger partial charge in [-0.15, -0.1) is 0 Å². The lowest BCUT2D eigenvalue weighted by Crippen LogP contribution is -2.38. The van der Waals surface area contributed by atoms with Crippen molar-refractivity contribution in [1.29, 1.82) is 0 Å². The zero-order chi connectivity index (χ0) is 10.6. The summed E-state index contributed by atoms with van der Waals surface area (Å²) in [7, 11) is 0. The predicted octanol–water partition coefficient (Wildman–Crippen LogP) is 2.08. The number of hydrogen-bond acceptors (Lipinski definition) is 2. The minimum atomic E-state index is -4.33. The molecule has 1 atom stereocenters. The molecule has 1 saturated carbocycles. The molecule has 0 aromatic carbocycles. The summed E-state index contributed by atoms with van der Waals surface area (Å²) in [6, 6.07) is 0. The molecule has 0 aromatic heterocycles. The van der Waals surface area contributed by atoms with Crippen molar-refractivity contribution in [1.82, 2.24) is 0 Å². The van der Waals surface area contributed by atoms with E-state index in [0.717, 1.165) is 19.3 Å². The Hall–Kier alpha value is -0.290. The zero-order valence-electron chi connectivity index (χ0n) is 8.02. The fourth-order valence-electron chi connectivity index (χ4n) is 1.45. The summed E-state index contributed by atoms with van der Waals surface area (Å²) in [5.41, 5.74) is 4.98. The highest BCUT2D eigenvalue weighted by Crippen LogP contribution is 2.30. The molecule has 1 rings (SSSR count). The lowest BCUT2D eigenvalue weighted by molar-refractivity contribution is -0.217. The standard InChI is InChI=1S/C9H16F3NO/c10-9(11,12)8(6-13)14-5-4-7-2-1-3-7/h7-8H,1-6,13H2. The monoisotopic (exact) mass is 211 g/mol. The molecule has 0 bridgehead atoms. The first-order valence-electron chi connectivity index (χ1n) is 4.92. The van der Waals surface area contributed by atoms with E-state index in [4.69, 9.17) is 10.5 Å². The summed E-state index contributed by atoms with van der Waals surface area (Å²) in [6.07, 6.45) is -1.93. The molecule has 84 valence electrons. The van der Waals surface area contributed by atoms with E-state index in [2.05, 4.69) is 0 Å². The molecule has 0 heterocycles. The van der Waals surface area contributed by atoms with Crippen LogP contribution in [0.5, 0.6) is 0 Å².